The molecule has 0 bridgehead atoms. The first-order chi connectivity index (χ1) is 9.26. The van der Waals surface area contributed by atoms with Gasteiger partial charge in [-0.3, -0.25) is 14.8 Å². The van der Waals surface area contributed by atoms with E-state index in [0.717, 1.165) is 18.8 Å². The molecular weight excluding hydrogens is 236 g/mol. The van der Waals surface area contributed by atoms with Crippen molar-refractivity contribution in [2.75, 3.05) is 26.7 Å². The minimum atomic E-state index is 0.147. The van der Waals surface area contributed by atoms with Crippen LogP contribution in [0.1, 0.15) is 25.0 Å². The van der Waals surface area contributed by atoms with E-state index in [-0.39, 0.29) is 5.54 Å². The molecule has 0 aromatic carbocycles. The quantitative estimate of drug-likeness (QED) is 0.880. The summed E-state index contributed by atoms with van der Waals surface area (Å²) in [4.78, 5) is 9.52. The van der Waals surface area contributed by atoms with Crippen LogP contribution in [0.4, 0.5) is 0 Å². The minimum absolute atomic E-state index is 0.147. The third-order valence-electron chi connectivity index (χ3n) is 5.05. The van der Waals surface area contributed by atoms with Crippen LogP contribution in [0.2, 0.25) is 0 Å². The van der Waals surface area contributed by atoms with Crippen LogP contribution in [0.25, 0.3) is 0 Å². The predicted molar refractivity (Wildman–Crippen MR) is 76.7 cm³/mol. The van der Waals surface area contributed by atoms with Gasteiger partial charge < -0.3 is 5.73 Å². The van der Waals surface area contributed by atoms with Crippen LogP contribution in [0.3, 0.4) is 0 Å². The van der Waals surface area contributed by atoms with Crippen LogP contribution in [0.15, 0.2) is 24.4 Å². The van der Waals surface area contributed by atoms with E-state index in [1.54, 1.807) is 0 Å². The molecule has 0 saturated carbocycles. The molecule has 2 aliphatic rings. The highest BCUT2D eigenvalue weighted by atomic mass is 15.3. The van der Waals surface area contributed by atoms with Gasteiger partial charge >= 0.3 is 0 Å². The fourth-order valence-corrected chi connectivity index (χ4v) is 3.94. The second-order valence-corrected chi connectivity index (χ2v) is 5.93. The zero-order valence-corrected chi connectivity index (χ0v) is 11.8. The van der Waals surface area contributed by atoms with E-state index in [2.05, 4.69) is 34.0 Å². The Labute approximate surface area is 115 Å². The Bertz CT molecular complexity index is 421. The predicted octanol–water partition coefficient (Wildman–Crippen LogP) is 1.08. The van der Waals surface area contributed by atoms with E-state index in [1.165, 1.54) is 32.4 Å². The molecule has 0 amide bonds. The molecule has 104 valence electrons. The van der Waals surface area contributed by atoms with Crippen molar-refractivity contribution in [2.24, 2.45) is 5.73 Å². The second kappa shape index (κ2) is 5.19. The monoisotopic (exact) mass is 260 g/mol. The minimum Gasteiger partial charge on any atom is -0.329 e. The Balaban J connectivity index is 1.78. The van der Waals surface area contributed by atoms with Crippen molar-refractivity contribution in [3.05, 3.63) is 30.1 Å². The van der Waals surface area contributed by atoms with Crippen LogP contribution < -0.4 is 5.73 Å². The number of hydrogen-bond donors (Lipinski definition) is 1. The molecule has 2 fully saturated rings. The van der Waals surface area contributed by atoms with Crippen molar-refractivity contribution in [1.82, 2.24) is 14.8 Å². The van der Waals surface area contributed by atoms with E-state index >= 15 is 0 Å². The van der Waals surface area contributed by atoms with Crippen LogP contribution in [0, 0.1) is 0 Å². The molecule has 2 N–H and O–H groups in total. The normalized spacial score (nSPS) is 31.0. The standard InChI is InChI=1S/C15H24N4/c1-18(11-13-5-2-3-8-17-13)15(12-16)7-10-19-9-4-6-14(15)19/h2-3,5,8,14H,4,6-7,9-12,16H2,1H3. The van der Waals surface area contributed by atoms with E-state index < -0.39 is 0 Å². The fourth-order valence-electron chi connectivity index (χ4n) is 3.94. The zero-order chi connectivity index (χ0) is 13.3. The topological polar surface area (TPSA) is 45.4 Å². The van der Waals surface area contributed by atoms with Gasteiger partial charge in [-0.15, -0.1) is 0 Å². The van der Waals surface area contributed by atoms with Gasteiger partial charge in [-0.05, 0) is 45.0 Å². The lowest BCUT2D eigenvalue weighted by molar-refractivity contribution is 0.0830. The Kier molecular flexibility index (Phi) is 3.56. The van der Waals surface area contributed by atoms with Gasteiger partial charge in [0, 0.05) is 37.4 Å². The van der Waals surface area contributed by atoms with Crippen molar-refractivity contribution < 1.29 is 0 Å². The summed E-state index contributed by atoms with van der Waals surface area (Å²) < 4.78 is 0. The Hall–Kier alpha value is -0.970. The molecule has 2 aliphatic heterocycles. The average molecular weight is 260 g/mol. The van der Waals surface area contributed by atoms with Crippen molar-refractivity contribution in [2.45, 2.75) is 37.4 Å². The summed E-state index contributed by atoms with van der Waals surface area (Å²) in [5.41, 5.74) is 7.47. The molecule has 3 heterocycles. The molecule has 19 heavy (non-hydrogen) atoms. The van der Waals surface area contributed by atoms with E-state index in [1.807, 2.05) is 12.3 Å². The third-order valence-corrected chi connectivity index (χ3v) is 5.05. The first-order valence-corrected chi connectivity index (χ1v) is 7.31. The SMILES string of the molecule is CN(Cc1ccccn1)C1(CN)CCN2CCCC21. The van der Waals surface area contributed by atoms with Crippen LogP contribution in [-0.4, -0.2) is 53.0 Å². The van der Waals surface area contributed by atoms with Crippen molar-refractivity contribution in [3.63, 3.8) is 0 Å². The zero-order valence-electron chi connectivity index (χ0n) is 11.8. The highest BCUT2D eigenvalue weighted by Gasteiger charge is 2.50. The molecule has 1 aromatic heterocycles. The van der Waals surface area contributed by atoms with Crippen molar-refractivity contribution in [3.8, 4) is 0 Å². The number of nitrogens with zero attached hydrogens (tertiary/aromatic N) is 3. The van der Waals surface area contributed by atoms with Crippen molar-refractivity contribution >= 4 is 0 Å². The summed E-state index contributed by atoms with van der Waals surface area (Å²) in [7, 11) is 2.21. The van der Waals surface area contributed by atoms with Crippen LogP contribution in [-0.2, 0) is 6.54 Å². The highest BCUT2D eigenvalue weighted by Crippen LogP contribution is 2.39. The van der Waals surface area contributed by atoms with E-state index in [0.29, 0.717) is 6.04 Å². The fraction of sp³-hybridized carbons (Fsp3) is 0.667. The average Bonchev–Trinajstić information content (AvgIpc) is 3.01. The molecule has 0 radical (unpaired) electrons. The molecule has 0 aliphatic carbocycles. The smallest absolute Gasteiger partial charge is 0.0544 e. The maximum Gasteiger partial charge on any atom is 0.0544 e. The highest BCUT2D eigenvalue weighted by molar-refractivity contribution is 5.11. The molecule has 4 nitrogen and oxygen atoms in total. The number of fused-ring (bicyclic) bond motifs is 1. The van der Waals surface area contributed by atoms with Gasteiger partial charge in [-0.25, -0.2) is 0 Å². The van der Waals surface area contributed by atoms with Crippen LogP contribution in [0.5, 0.6) is 0 Å². The number of likely N-dealkylation sites (N-methyl/N-ethyl adjacent to an activating group) is 1. The molecule has 2 unspecified atom stereocenters. The van der Waals surface area contributed by atoms with E-state index in [9.17, 15) is 0 Å². The molecule has 3 rings (SSSR count). The maximum atomic E-state index is 6.19. The largest absolute Gasteiger partial charge is 0.329 e. The van der Waals surface area contributed by atoms with Gasteiger partial charge in [0.1, 0.15) is 0 Å². The van der Waals surface area contributed by atoms with Crippen LogP contribution >= 0.6 is 0 Å². The summed E-state index contributed by atoms with van der Waals surface area (Å²) >= 11 is 0. The maximum absolute atomic E-state index is 6.19. The summed E-state index contributed by atoms with van der Waals surface area (Å²) in [6, 6.07) is 6.77. The molecule has 1 aromatic rings. The summed E-state index contributed by atoms with van der Waals surface area (Å²) in [6.07, 6.45) is 5.68. The lowest BCUT2D eigenvalue weighted by Gasteiger charge is -2.42. The molecule has 4 heteroatoms. The number of aromatic nitrogens is 1. The number of nitrogens with two attached hydrogens (primary N) is 1. The van der Waals surface area contributed by atoms with Gasteiger partial charge in [-0.1, -0.05) is 6.07 Å². The first kappa shape index (κ1) is 13.0. The second-order valence-electron chi connectivity index (χ2n) is 5.93. The van der Waals surface area contributed by atoms with Gasteiger partial charge in [0.15, 0.2) is 0 Å². The molecular formula is C15H24N4. The van der Waals surface area contributed by atoms with Gasteiger partial charge in [-0.2, -0.15) is 0 Å². The van der Waals surface area contributed by atoms with Gasteiger partial charge in [0.25, 0.3) is 0 Å². The Morgan fingerprint density at radius 3 is 3.11 bits per heavy atom. The number of pyridine rings is 1. The lowest BCUT2D eigenvalue weighted by atomic mass is 9.87. The summed E-state index contributed by atoms with van der Waals surface area (Å²) in [5, 5.41) is 0. The Morgan fingerprint density at radius 2 is 2.37 bits per heavy atom. The summed E-state index contributed by atoms with van der Waals surface area (Å²) in [6.45, 7) is 4.10. The van der Waals surface area contributed by atoms with E-state index in [4.69, 9.17) is 5.73 Å². The van der Waals surface area contributed by atoms with Crippen molar-refractivity contribution in [1.29, 1.82) is 0 Å². The van der Waals surface area contributed by atoms with Gasteiger partial charge in [0.2, 0.25) is 0 Å². The molecule has 2 atom stereocenters. The molecule has 2 saturated heterocycles. The first-order valence-electron chi connectivity index (χ1n) is 7.31. The number of hydrogen-bond acceptors (Lipinski definition) is 4. The number of rotatable bonds is 4. The molecule has 0 spiro atoms. The lowest BCUT2D eigenvalue weighted by Crippen LogP contribution is -2.58. The van der Waals surface area contributed by atoms with Gasteiger partial charge in [0.05, 0.1) is 5.69 Å². The summed E-state index contributed by atoms with van der Waals surface area (Å²) in [5.74, 6) is 0. The third kappa shape index (κ3) is 2.18. The Morgan fingerprint density at radius 1 is 1.47 bits per heavy atom.